The first-order chi connectivity index (χ1) is 11.4. The van der Waals surface area contributed by atoms with Gasteiger partial charge in [0, 0.05) is 11.0 Å². The highest BCUT2D eigenvalue weighted by atomic mass is 79.9. The van der Waals surface area contributed by atoms with Crippen LogP contribution in [0.5, 0.6) is 0 Å². The van der Waals surface area contributed by atoms with Crippen LogP contribution in [0, 0.1) is 11.8 Å². The number of carboxylic acids is 1. The zero-order valence-corrected chi connectivity index (χ0v) is 15.2. The summed E-state index contributed by atoms with van der Waals surface area (Å²) in [4.78, 5) is 37.9. The fourth-order valence-electron chi connectivity index (χ4n) is 2.77. The van der Waals surface area contributed by atoms with Crippen molar-refractivity contribution in [3.63, 3.8) is 0 Å². The highest BCUT2D eigenvalue weighted by Crippen LogP contribution is 2.31. The van der Waals surface area contributed by atoms with E-state index in [1.54, 1.807) is 11.8 Å². The molecule has 1 fully saturated rings. The first-order valence-electron chi connectivity index (χ1n) is 7.95. The van der Waals surface area contributed by atoms with Crippen molar-refractivity contribution >= 4 is 39.4 Å². The van der Waals surface area contributed by atoms with E-state index in [-0.39, 0.29) is 11.8 Å². The first kappa shape index (κ1) is 18.4. The highest BCUT2D eigenvalue weighted by Gasteiger charge is 2.40. The molecule has 1 saturated heterocycles. The number of nitrogens with one attached hydrogen (secondary N) is 1. The van der Waals surface area contributed by atoms with Gasteiger partial charge in [-0.05, 0) is 40.4 Å². The molecule has 2 rings (SSSR count). The SMILES string of the molecule is CC[C@H](C)[C@H](NC(=O)C1CCN(c2ccccc2Br)C1=O)C(=O)O. The van der Waals surface area contributed by atoms with Crippen LogP contribution in [-0.4, -0.2) is 35.5 Å². The molecule has 0 radical (unpaired) electrons. The standard InChI is InChI=1S/C17H21BrN2O4/c1-3-10(2)14(17(23)24)19-15(21)11-8-9-20(16(11)22)13-7-5-4-6-12(13)18/h4-7,10-11,14H,3,8-9H2,1-2H3,(H,19,21)(H,23,24)/t10-,11?,14-/m0/s1. The lowest BCUT2D eigenvalue weighted by Crippen LogP contribution is -2.48. The Kier molecular flexibility index (Phi) is 5.99. The number of aliphatic carboxylic acids is 1. The normalized spacial score (nSPS) is 19.9. The van der Waals surface area contributed by atoms with Crippen LogP contribution in [0.3, 0.4) is 0 Å². The molecule has 1 heterocycles. The molecule has 0 saturated carbocycles. The summed E-state index contributed by atoms with van der Waals surface area (Å²) in [6.07, 6.45) is 0.998. The summed E-state index contributed by atoms with van der Waals surface area (Å²) in [6.45, 7) is 4.06. The van der Waals surface area contributed by atoms with Crippen LogP contribution in [0.2, 0.25) is 0 Å². The minimum Gasteiger partial charge on any atom is -0.480 e. The van der Waals surface area contributed by atoms with E-state index in [1.807, 2.05) is 31.2 Å². The molecule has 0 aromatic heterocycles. The third-order valence-corrected chi connectivity index (χ3v) is 5.11. The summed E-state index contributed by atoms with van der Waals surface area (Å²) < 4.78 is 0.780. The van der Waals surface area contributed by atoms with E-state index in [4.69, 9.17) is 0 Å². The van der Waals surface area contributed by atoms with Gasteiger partial charge in [-0.2, -0.15) is 0 Å². The zero-order valence-electron chi connectivity index (χ0n) is 13.7. The Morgan fingerprint density at radius 1 is 1.42 bits per heavy atom. The minimum absolute atomic E-state index is 0.206. The Hall–Kier alpha value is -1.89. The van der Waals surface area contributed by atoms with Crippen molar-refractivity contribution in [1.29, 1.82) is 0 Å². The molecular weight excluding hydrogens is 376 g/mol. The predicted molar refractivity (Wildman–Crippen MR) is 93.6 cm³/mol. The Morgan fingerprint density at radius 2 is 2.08 bits per heavy atom. The summed E-state index contributed by atoms with van der Waals surface area (Å²) in [5.41, 5.74) is 0.717. The number of nitrogens with zero attached hydrogens (tertiary/aromatic N) is 1. The van der Waals surface area contributed by atoms with E-state index in [0.29, 0.717) is 19.4 Å². The van der Waals surface area contributed by atoms with Gasteiger partial charge in [-0.1, -0.05) is 32.4 Å². The average Bonchev–Trinajstić information content (AvgIpc) is 2.93. The molecule has 1 unspecified atom stereocenters. The van der Waals surface area contributed by atoms with Gasteiger partial charge in [0.15, 0.2) is 0 Å². The number of amides is 2. The molecule has 2 amide bonds. The van der Waals surface area contributed by atoms with Crippen LogP contribution in [-0.2, 0) is 14.4 Å². The third-order valence-electron chi connectivity index (χ3n) is 4.44. The van der Waals surface area contributed by atoms with Crippen molar-refractivity contribution in [2.75, 3.05) is 11.4 Å². The van der Waals surface area contributed by atoms with Gasteiger partial charge in [0.2, 0.25) is 11.8 Å². The Labute approximate surface area is 149 Å². The lowest BCUT2D eigenvalue weighted by molar-refractivity contribution is -0.145. The summed E-state index contributed by atoms with van der Waals surface area (Å²) in [5, 5.41) is 11.8. The number of hydrogen-bond acceptors (Lipinski definition) is 3. The van der Waals surface area contributed by atoms with E-state index < -0.39 is 23.8 Å². The van der Waals surface area contributed by atoms with Gasteiger partial charge < -0.3 is 15.3 Å². The van der Waals surface area contributed by atoms with E-state index in [9.17, 15) is 19.5 Å². The van der Waals surface area contributed by atoms with Crippen LogP contribution in [0.4, 0.5) is 5.69 Å². The van der Waals surface area contributed by atoms with Crippen molar-refractivity contribution in [2.45, 2.75) is 32.7 Å². The lowest BCUT2D eigenvalue weighted by Gasteiger charge is -2.22. The van der Waals surface area contributed by atoms with Gasteiger partial charge >= 0.3 is 5.97 Å². The lowest BCUT2D eigenvalue weighted by atomic mass is 9.98. The van der Waals surface area contributed by atoms with E-state index in [0.717, 1.165) is 10.2 Å². The average molecular weight is 397 g/mol. The van der Waals surface area contributed by atoms with Gasteiger partial charge in [0.05, 0.1) is 5.69 Å². The second-order valence-electron chi connectivity index (χ2n) is 5.99. The molecule has 1 aliphatic rings. The summed E-state index contributed by atoms with van der Waals surface area (Å²) >= 11 is 3.41. The number of carbonyl (C=O) groups excluding carboxylic acids is 2. The molecule has 130 valence electrons. The number of anilines is 1. The molecule has 1 aliphatic heterocycles. The van der Waals surface area contributed by atoms with Crippen LogP contribution in [0.25, 0.3) is 0 Å². The summed E-state index contributed by atoms with van der Waals surface area (Å²) in [5.74, 6) is -2.94. The predicted octanol–water partition coefficient (Wildman–Crippen LogP) is 2.42. The van der Waals surface area contributed by atoms with Crippen LogP contribution < -0.4 is 10.2 Å². The molecular formula is C17H21BrN2O4. The third kappa shape index (κ3) is 3.77. The molecule has 1 aromatic rings. The van der Waals surface area contributed by atoms with Crippen molar-refractivity contribution in [2.24, 2.45) is 11.8 Å². The Morgan fingerprint density at radius 3 is 2.67 bits per heavy atom. The second kappa shape index (κ2) is 7.79. The molecule has 7 heteroatoms. The van der Waals surface area contributed by atoms with Crippen LogP contribution in [0.15, 0.2) is 28.7 Å². The maximum atomic E-state index is 12.6. The minimum atomic E-state index is -1.08. The topological polar surface area (TPSA) is 86.7 Å². The fraction of sp³-hybridized carbons (Fsp3) is 0.471. The van der Waals surface area contributed by atoms with Gasteiger partial charge in [-0.3, -0.25) is 9.59 Å². The number of halogens is 1. The number of rotatable bonds is 6. The number of hydrogen-bond donors (Lipinski definition) is 2. The molecule has 24 heavy (non-hydrogen) atoms. The number of carbonyl (C=O) groups is 3. The van der Waals surface area contributed by atoms with Gasteiger partial charge in [-0.15, -0.1) is 0 Å². The highest BCUT2D eigenvalue weighted by molar-refractivity contribution is 9.10. The maximum absolute atomic E-state index is 12.6. The van der Waals surface area contributed by atoms with E-state index in [1.165, 1.54) is 0 Å². The van der Waals surface area contributed by atoms with Gasteiger partial charge in [0.25, 0.3) is 0 Å². The molecule has 2 N–H and O–H groups in total. The van der Waals surface area contributed by atoms with Gasteiger partial charge in [-0.25, -0.2) is 4.79 Å². The number of carboxylic acid groups (broad SMARTS) is 1. The van der Waals surface area contributed by atoms with E-state index in [2.05, 4.69) is 21.2 Å². The van der Waals surface area contributed by atoms with Crippen molar-refractivity contribution < 1.29 is 19.5 Å². The van der Waals surface area contributed by atoms with Crippen molar-refractivity contribution in [3.05, 3.63) is 28.7 Å². The molecule has 0 spiro atoms. The smallest absolute Gasteiger partial charge is 0.326 e. The summed E-state index contributed by atoms with van der Waals surface area (Å²) in [6, 6.07) is 6.33. The quantitative estimate of drug-likeness (QED) is 0.722. The van der Waals surface area contributed by atoms with Crippen LogP contribution >= 0.6 is 15.9 Å². The fourth-order valence-corrected chi connectivity index (χ4v) is 3.27. The van der Waals surface area contributed by atoms with Crippen LogP contribution in [0.1, 0.15) is 26.7 Å². The second-order valence-corrected chi connectivity index (χ2v) is 6.85. The molecule has 0 bridgehead atoms. The Bertz CT molecular complexity index is 649. The number of para-hydroxylation sites is 1. The molecule has 1 aromatic carbocycles. The zero-order chi connectivity index (χ0) is 17.9. The van der Waals surface area contributed by atoms with Crippen molar-refractivity contribution in [1.82, 2.24) is 5.32 Å². The van der Waals surface area contributed by atoms with Gasteiger partial charge in [0.1, 0.15) is 12.0 Å². The molecule has 6 nitrogen and oxygen atoms in total. The largest absolute Gasteiger partial charge is 0.480 e. The molecule has 3 atom stereocenters. The maximum Gasteiger partial charge on any atom is 0.326 e. The summed E-state index contributed by atoms with van der Waals surface area (Å²) in [7, 11) is 0. The first-order valence-corrected chi connectivity index (χ1v) is 8.75. The monoisotopic (exact) mass is 396 g/mol. The van der Waals surface area contributed by atoms with Crippen molar-refractivity contribution in [3.8, 4) is 0 Å². The Balaban J connectivity index is 2.11. The van der Waals surface area contributed by atoms with E-state index >= 15 is 0 Å². The number of benzene rings is 1. The molecule has 0 aliphatic carbocycles.